The lowest BCUT2D eigenvalue weighted by molar-refractivity contribution is 0.0180. The number of hydrogen-bond acceptors (Lipinski definition) is 4. The molecule has 0 aliphatic heterocycles. The summed E-state index contributed by atoms with van der Waals surface area (Å²) in [5.74, 6) is 0. The molecule has 0 saturated carbocycles. The van der Waals surface area contributed by atoms with Crippen molar-refractivity contribution in [3.8, 4) is 0 Å². The Labute approximate surface area is 141 Å². The third-order valence-corrected chi connectivity index (χ3v) is 3.79. The van der Waals surface area contributed by atoms with Crippen LogP contribution in [0.25, 0.3) is 0 Å². The first-order valence-electron chi connectivity index (χ1n) is 7.85. The molecule has 3 N–H and O–H groups in total. The predicted octanol–water partition coefficient (Wildman–Crippen LogP) is 2.62. The summed E-state index contributed by atoms with van der Waals surface area (Å²) in [6, 6.07) is 15.0. The van der Waals surface area contributed by atoms with Crippen molar-refractivity contribution in [1.82, 2.24) is 5.32 Å². The molecule has 5 nitrogen and oxygen atoms in total. The van der Waals surface area contributed by atoms with E-state index in [9.17, 15) is 15.0 Å². The first kappa shape index (κ1) is 18.0. The Morgan fingerprint density at radius 1 is 1.12 bits per heavy atom. The molecule has 2 unspecified atom stereocenters. The van der Waals surface area contributed by atoms with Gasteiger partial charge in [0.1, 0.15) is 18.8 Å². The lowest BCUT2D eigenvalue weighted by atomic mass is 9.97. The third kappa shape index (κ3) is 5.08. The van der Waals surface area contributed by atoms with Gasteiger partial charge in [0.25, 0.3) is 0 Å². The summed E-state index contributed by atoms with van der Waals surface area (Å²) in [7, 11) is 0. The van der Waals surface area contributed by atoms with Crippen LogP contribution in [0.2, 0.25) is 0 Å². The maximum absolute atomic E-state index is 11.7. The molecule has 2 atom stereocenters. The smallest absolute Gasteiger partial charge is 0.407 e. The van der Waals surface area contributed by atoms with Crippen molar-refractivity contribution in [3.05, 3.63) is 70.8 Å². The van der Waals surface area contributed by atoms with Crippen LogP contribution in [0.15, 0.2) is 48.5 Å². The molecule has 0 aliphatic carbocycles. The Bertz CT molecular complexity index is 672. The van der Waals surface area contributed by atoms with E-state index in [1.165, 1.54) is 0 Å². The van der Waals surface area contributed by atoms with Gasteiger partial charge < -0.3 is 20.3 Å². The lowest BCUT2D eigenvalue weighted by Crippen LogP contribution is -2.36. The van der Waals surface area contributed by atoms with Crippen molar-refractivity contribution in [3.63, 3.8) is 0 Å². The van der Waals surface area contributed by atoms with Gasteiger partial charge >= 0.3 is 6.09 Å². The first-order valence-corrected chi connectivity index (χ1v) is 7.85. The van der Waals surface area contributed by atoms with Gasteiger partial charge in [-0.25, -0.2) is 4.79 Å². The second-order valence-corrected chi connectivity index (χ2v) is 5.81. The molecule has 2 aromatic rings. The predicted molar refractivity (Wildman–Crippen MR) is 91.5 cm³/mol. The minimum atomic E-state index is -1.12. The number of amides is 1. The van der Waals surface area contributed by atoms with Gasteiger partial charge in [-0.1, -0.05) is 54.1 Å². The standard InChI is InChI=1S/C19H23NO4/c1-13-8-9-14(2)16(10-13)18(22)17(21)11-20-19(23)24-12-15-6-4-3-5-7-15/h3-10,17-18,21-22H,11-12H2,1-2H3,(H,20,23). The van der Waals surface area contributed by atoms with Crippen LogP contribution < -0.4 is 5.32 Å². The van der Waals surface area contributed by atoms with Crippen molar-refractivity contribution in [2.75, 3.05) is 6.54 Å². The highest BCUT2D eigenvalue weighted by Gasteiger charge is 2.21. The van der Waals surface area contributed by atoms with Crippen molar-refractivity contribution < 1.29 is 19.7 Å². The van der Waals surface area contributed by atoms with E-state index in [4.69, 9.17) is 4.74 Å². The first-order chi connectivity index (χ1) is 11.5. The summed E-state index contributed by atoms with van der Waals surface area (Å²) in [6.45, 7) is 3.85. The quantitative estimate of drug-likeness (QED) is 0.761. The van der Waals surface area contributed by atoms with Crippen LogP contribution in [0.4, 0.5) is 4.79 Å². The van der Waals surface area contributed by atoms with Gasteiger partial charge in [-0.05, 0) is 30.5 Å². The Morgan fingerprint density at radius 3 is 2.54 bits per heavy atom. The molecule has 0 radical (unpaired) electrons. The SMILES string of the molecule is Cc1ccc(C)c(C(O)C(O)CNC(=O)OCc2ccccc2)c1. The average Bonchev–Trinajstić information content (AvgIpc) is 2.60. The Balaban J connectivity index is 1.82. The highest BCUT2D eigenvalue weighted by atomic mass is 16.5. The second-order valence-electron chi connectivity index (χ2n) is 5.81. The van der Waals surface area contributed by atoms with Gasteiger partial charge in [0, 0.05) is 6.54 Å². The number of ether oxygens (including phenoxy) is 1. The molecular formula is C19H23NO4. The molecule has 24 heavy (non-hydrogen) atoms. The van der Waals surface area contributed by atoms with Crippen LogP contribution in [-0.4, -0.2) is 29.0 Å². The number of rotatable bonds is 6. The van der Waals surface area contributed by atoms with Crippen molar-refractivity contribution in [1.29, 1.82) is 0 Å². The average molecular weight is 329 g/mol. The van der Waals surface area contributed by atoms with Gasteiger partial charge in [-0.2, -0.15) is 0 Å². The number of aliphatic hydroxyl groups excluding tert-OH is 2. The molecule has 5 heteroatoms. The zero-order chi connectivity index (χ0) is 17.5. The van der Waals surface area contributed by atoms with Crippen molar-refractivity contribution in [2.45, 2.75) is 32.7 Å². The molecule has 0 bridgehead atoms. The Kier molecular flexibility index (Phi) is 6.35. The van der Waals surface area contributed by atoms with Gasteiger partial charge in [0.15, 0.2) is 0 Å². The van der Waals surface area contributed by atoms with E-state index in [1.54, 1.807) is 0 Å². The zero-order valence-electron chi connectivity index (χ0n) is 13.9. The monoisotopic (exact) mass is 329 g/mol. The molecule has 128 valence electrons. The molecule has 0 spiro atoms. The fourth-order valence-electron chi connectivity index (χ4n) is 2.36. The highest BCUT2D eigenvalue weighted by Crippen LogP contribution is 2.22. The van der Waals surface area contributed by atoms with Gasteiger partial charge in [0.05, 0.1) is 0 Å². The normalized spacial score (nSPS) is 13.2. The van der Waals surface area contributed by atoms with E-state index < -0.39 is 18.3 Å². The van der Waals surface area contributed by atoms with E-state index in [0.717, 1.165) is 16.7 Å². The number of benzene rings is 2. The van der Waals surface area contributed by atoms with Crippen LogP contribution in [0.1, 0.15) is 28.4 Å². The lowest BCUT2D eigenvalue weighted by Gasteiger charge is -2.20. The van der Waals surface area contributed by atoms with E-state index >= 15 is 0 Å². The molecule has 0 heterocycles. The second kappa shape index (κ2) is 8.47. The number of aliphatic hydroxyl groups is 2. The summed E-state index contributed by atoms with van der Waals surface area (Å²) in [5, 5.41) is 22.8. The van der Waals surface area contributed by atoms with Crippen LogP contribution in [0.5, 0.6) is 0 Å². The Morgan fingerprint density at radius 2 is 1.83 bits per heavy atom. The Hall–Kier alpha value is -2.37. The fraction of sp³-hybridized carbons (Fsp3) is 0.316. The zero-order valence-corrected chi connectivity index (χ0v) is 13.9. The number of carbonyl (C=O) groups excluding carboxylic acids is 1. The fourth-order valence-corrected chi connectivity index (χ4v) is 2.36. The molecule has 1 amide bonds. The molecule has 2 rings (SSSR count). The third-order valence-electron chi connectivity index (χ3n) is 3.79. The topological polar surface area (TPSA) is 78.8 Å². The largest absolute Gasteiger partial charge is 0.445 e. The minimum Gasteiger partial charge on any atom is -0.445 e. The molecule has 0 saturated heterocycles. The highest BCUT2D eigenvalue weighted by molar-refractivity contribution is 5.67. The minimum absolute atomic E-state index is 0.0951. The summed E-state index contributed by atoms with van der Waals surface area (Å²) in [5.41, 5.74) is 3.42. The van der Waals surface area contributed by atoms with Crippen LogP contribution >= 0.6 is 0 Å². The van der Waals surface area contributed by atoms with Gasteiger partial charge in [-0.15, -0.1) is 0 Å². The number of nitrogens with one attached hydrogen (secondary N) is 1. The maximum atomic E-state index is 11.7. The number of alkyl carbamates (subject to hydrolysis) is 1. The number of hydrogen-bond donors (Lipinski definition) is 3. The van der Waals surface area contributed by atoms with E-state index in [1.807, 2.05) is 62.4 Å². The summed E-state index contributed by atoms with van der Waals surface area (Å²) in [6.07, 6.45) is -2.82. The van der Waals surface area contributed by atoms with Crippen molar-refractivity contribution in [2.24, 2.45) is 0 Å². The molecule has 0 fully saturated rings. The maximum Gasteiger partial charge on any atom is 0.407 e. The van der Waals surface area contributed by atoms with Gasteiger partial charge in [-0.3, -0.25) is 0 Å². The molecule has 0 aromatic heterocycles. The number of aryl methyl sites for hydroxylation is 2. The van der Waals surface area contributed by atoms with Crippen LogP contribution in [0, 0.1) is 13.8 Å². The van der Waals surface area contributed by atoms with E-state index in [2.05, 4.69) is 5.32 Å². The van der Waals surface area contributed by atoms with Crippen molar-refractivity contribution >= 4 is 6.09 Å². The van der Waals surface area contributed by atoms with Crippen LogP contribution in [0.3, 0.4) is 0 Å². The summed E-state index contributed by atoms with van der Waals surface area (Å²) < 4.78 is 5.06. The summed E-state index contributed by atoms with van der Waals surface area (Å²) >= 11 is 0. The van der Waals surface area contributed by atoms with E-state index in [-0.39, 0.29) is 13.2 Å². The van der Waals surface area contributed by atoms with E-state index in [0.29, 0.717) is 5.56 Å². The summed E-state index contributed by atoms with van der Waals surface area (Å²) in [4.78, 5) is 11.7. The molecular weight excluding hydrogens is 306 g/mol. The molecule has 0 aliphatic rings. The number of carbonyl (C=O) groups is 1. The van der Waals surface area contributed by atoms with Gasteiger partial charge in [0.2, 0.25) is 0 Å². The molecule has 2 aromatic carbocycles. The van der Waals surface area contributed by atoms with Crippen LogP contribution in [-0.2, 0) is 11.3 Å².